The molecule has 0 aliphatic heterocycles. The maximum Gasteiger partial charge on any atom is -0.0106 e. The summed E-state index contributed by atoms with van der Waals surface area (Å²) in [6, 6.07) is 0. The first-order chi connectivity index (χ1) is 4.33. The van der Waals surface area contributed by atoms with E-state index < -0.39 is 0 Å². The molecular formula is C4H15N5. The molecule has 5 heteroatoms. The number of nitrogens with two attached hydrogens (primary N) is 2. The molecule has 0 spiro atoms. The highest BCUT2D eigenvalue weighted by Crippen LogP contribution is 1.38. The minimum Gasteiger partial charge on any atom is -0.331 e. The Morgan fingerprint density at radius 2 is 1.67 bits per heavy atom. The molecule has 56 valence electrons. The molecule has 4 N–H and O–H groups in total. The third-order valence-corrected chi connectivity index (χ3v) is 0.0516. The molecule has 0 aliphatic carbocycles. The van der Waals surface area contributed by atoms with Gasteiger partial charge in [-0.15, -0.1) is 5.53 Å². The smallest absolute Gasteiger partial charge is 0.0106 e. The molecule has 0 fully saturated rings. The maximum atomic E-state index is 7.21. The number of hydrogen-bond donors (Lipinski definition) is 2. The number of nitrogens with zero attached hydrogens (tertiary/aromatic N) is 3. The van der Waals surface area contributed by atoms with E-state index in [0.29, 0.717) is 0 Å². The molecule has 0 atom stereocenters. The lowest BCUT2D eigenvalue weighted by Crippen LogP contribution is -1.87. The first-order valence-corrected chi connectivity index (χ1v) is 2.77. The van der Waals surface area contributed by atoms with Gasteiger partial charge in [-0.2, -0.15) is 4.91 Å². The highest BCUT2D eigenvalue weighted by Gasteiger charge is 1.32. The molecule has 0 aromatic carbocycles. The van der Waals surface area contributed by atoms with Crippen molar-refractivity contribution < 1.29 is 0 Å². The van der Waals surface area contributed by atoms with E-state index >= 15 is 0 Å². The van der Waals surface area contributed by atoms with E-state index in [4.69, 9.17) is 11.3 Å². The predicted molar refractivity (Wildman–Crippen MR) is 39.4 cm³/mol. The average molecular weight is 133 g/mol. The Kier molecular flexibility index (Phi) is 106. The van der Waals surface area contributed by atoms with Crippen LogP contribution in [0, 0.1) is 0 Å². The Labute approximate surface area is 55.6 Å². The van der Waals surface area contributed by atoms with Crippen LogP contribution in [0.3, 0.4) is 0 Å². The first kappa shape index (κ1) is 15.7. The van der Waals surface area contributed by atoms with E-state index in [-0.39, 0.29) is 0 Å². The van der Waals surface area contributed by atoms with Crippen molar-refractivity contribution >= 4 is 0 Å². The van der Waals surface area contributed by atoms with Gasteiger partial charge < -0.3 is 5.73 Å². The summed E-state index contributed by atoms with van der Waals surface area (Å²) in [7, 11) is 0. The van der Waals surface area contributed by atoms with Gasteiger partial charge in [0.25, 0.3) is 0 Å². The van der Waals surface area contributed by atoms with E-state index in [2.05, 4.69) is 16.0 Å². The molecule has 0 amide bonds. The van der Waals surface area contributed by atoms with Crippen LogP contribution in [-0.4, -0.2) is 6.54 Å². The minimum absolute atomic E-state index is 0.750. The third-order valence-electron chi connectivity index (χ3n) is 0.0516. The van der Waals surface area contributed by atoms with Crippen LogP contribution in [0.2, 0.25) is 0 Å². The van der Waals surface area contributed by atoms with E-state index in [1.807, 2.05) is 20.8 Å². The summed E-state index contributed by atoms with van der Waals surface area (Å²) < 4.78 is 0. The average Bonchev–Trinajstić information content (AvgIpc) is 1.94. The van der Waals surface area contributed by atoms with E-state index in [1.165, 1.54) is 0 Å². The molecule has 0 aromatic heterocycles. The molecule has 0 heterocycles. The third kappa shape index (κ3) is 37100. The maximum absolute atomic E-state index is 7.21. The highest BCUT2D eigenvalue weighted by molar-refractivity contribution is 4.28. The summed E-state index contributed by atoms with van der Waals surface area (Å²) in [4.78, 5) is 2.14. The number of rotatable bonds is 0. The SMILES string of the molecule is CC.CCN.[N-]=[N+]=NN. The van der Waals surface area contributed by atoms with Crippen LogP contribution in [0.5, 0.6) is 0 Å². The van der Waals surface area contributed by atoms with E-state index in [1.54, 1.807) is 0 Å². The largest absolute Gasteiger partial charge is 0.331 e. The standard InChI is InChI=1S/C2H7N.C2H6.H2N4/c1-2-3;1-2;1-3-4-2/h2-3H2,1H3;1-2H3;1H2. The van der Waals surface area contributed by atoms with Crippen LogP contribution in [0.4, 0.5) is 0 Å². The van der Waals surface area contributed by atoms with Gasteiger partial charge in [0.05, 0.1) is 0 Å². The summed E-state index contributed by atoms with van der Waals surface area (Å²) in [5.74, 6) is 4.24. The van der Waals surface area contributed by atoms with Gasteiger partial charge in [-0.3, -0.25) is 5.84 Å². The van der Waals surface area contributed by atoms with Gasteiger partial charge in [0.2, 0.25) is 0 Å². The minimum atomic E-state index is 0.750. The second-order valence-corrected chi connectivity index (χ2v) is 0.613. The summed E-state index contributed by atoms with van der Waals surface area (Å²) in [5, 5.41) is 2.42. The van der Waals surface area contributed by atoms with Gasteiger partial charge >= 0.3 is 0 Å². The Hall–Kier alpha value is -0.930. The van der Waals surface area contributed by atoms with Crippen LogP contribution in [-0.2, 0) is 0 Å². The zero-order chi connectivity index (χ0) is 8.12. The fourth-order valence-electron chi connectivity index (χ4n) is 0. The first-order valence-electron chi connectivity index (χ1n) is 2.77. The number of hydrogen-bond acceptors (Lipinski definition) is 2. The molecule has 0 bridgehead atoms. The fraction of sp³-hybridized carbons (Fsp3) is 1.00. The van der Waals surface area contributed by atoms with Gasteiger partial charge in [-0.1, -0.05) is 20.8 Å². The zero-order valence-electron chi connectivity index (χ0n) is 6.20. The van der Waals surface area contributed by atoms with Crippen molar-refractivity contribution in [3.8, 4) is 0 Å². The molecule has 0 saturated carbocycles. The summed E-state index contributed by atoms with van der Waals surface area (Å²) >= 11 is 0. The molecule has 0 aromatic rings. The second-order valence-electron chi connectivity index (χ2n) is 0.613. The van der Waals surface area contributed by atoms with Gasteiger partial charge in [0.15, 0.2) is 0 Å². The van der Waals surface area contributed by atoms with E-state index in [9.17, 15) is 0 Å². The Morgan fingerprint density at radius 1 is 1.56 bits per heavy atom. The summed E-state index contributed by atoms with van der Waals surface area (Å²) in [5.41, 5.74) is 12.1. The topological polar surface area (TPSA) is 101 Å². The molecule has 5 nitrogen and oxygen atoms in total. The monoisotopic (exact) mass is 133 g/mol. The van der Waals surface area contributed by atoms with Gasteiger partial charge in [0, 0.05) is 0 Å². The van der Waals surface area contributed by atoms with Crippen molar-refractivity contribution in [2.45, 2.75) is 20.8 Å². The molecule has 0 unspecified atom stereocenters. The quantitative estimate of drug-likeness (QED) is 0.170. The van der Waals surface area contributed by atoms with Crippen molar-refractivity contribution in [1.82, 2.24) is 0 Å². The van der Waals surface area contributed by atoms with Crippen molar-refractivity contribution in [3.05, 3.63) is 10.4 Å². The van der Waals surface area contributed by atoms with Crippen LogP contribution < -0.4 is 11.6 Å². The Morgan fingerprint density at radius 3 is 1.67 bits per heavy atom. The van der Waals surface area contributed by atoms with Gasteiger partial charge in [-0.25, -0.2) is 0 Å². The molecule has 0 aliphatic rings. The molecular weight excluding hydrogens is 118 g/mol. The lowest BCUT2D eigenvalue weighted by molar-refractivity contribution is 1.14. The highest BCUT2D eigenvalue weighted by atomic mass is 15.3. The van der Waals surface area contributed by atoms with Crippen LogP contribution in [0.1, 0.15) is 20.8 Å². The van der Waals surface area contributed by atoms with Crippen molar-refractivity contribution in [2.24, 2.45) is 16.8 Å². The van der Waals surface area contributed by atoms with Crippen molar-refractivity contribution in [2.75, 3.05) is 6.54 Å². The zero-order valence-corrected chi connectivity index (χ0v) is 6.20. The second kappa shape index (κ2) is 60.8. The van der Waals surface area contributed by atoms with Crippen LogP contribution in [0.25, 0.3) is 10.4 Å². The molecule has 0 saturated heterocycles. The van der Waals surface area contributed by atoms with Crippen LogP contribution >= 0.6 is 0 Å². The predicted octanol–water partition coefficient (Wildman–Crippen LogP) is 1.16. The molecule has 0 radical (unpaired) electrons. The summed E-state index contributed by atoms with van der Waals surface area (Å²) in [6.07, 6.45) is 0. The van der Waals surface area contributed by atoms with Gasteiger partial charge in [0.1, 0.15) is 0 Å². The Balaban J connectivity index is -0.0000000646. The Bertz CT molecular complexity index is 56.0. The normalized spacial score (nSPS) is 4.44. The number of azide groups is 1. The fourth-order valence-corrected chi connectivity index (χ4v) is 0. The summed E-state index contributed by atoms with van der Waals surface area (Å²) in [6.45, 7) is 6.65. The lowest BCUT2D eigenvalue weighted by atomic mass is 10.8. The van der Waals surface area contributed by atoms with Crippen molar-refractivity contribution in [1.29, 1.82) is 0 Å². The molecule has 0 rings (SSSR count). The van der Waals surface area contributed by atoms with Crippen LogP contribution in [0.15, 0.2) is 5.22 Å². The molecule has 9 heavy (non-hydrogen) atoms. The van der Waals surface area contributed by atoms with E-state index in [0.717, 1.165) is 6.54 Å². The van der Waals surface area contributed by atoms with Crippen molar-refractivity contribution in [3.63, 3.8) is 0 Å². The van der Waals surface area contributed by atoms with Gasteiger partial charge in [-0.05, 0) is 11.8 Å². The lowest BCUT2D eigenvalue weighted by Gasteiger charge is -1.53.